The van der Waals surface area contributed by atoms with Crippen LogP contribution in [0.1, 0.15) is 49.7 Å². The lowest BCUT2D eigenvalue weighted by molar-refractivity contribution is 0.0957. The van der Waals surface area contributed by atoms with Gasteiger partial charge in [0, 0.05) is 55.2 Å². The number of hydrogen-bond acceptors (Lipinski definition) is 7. The van der Waals surface area contributed by atoms with Crippen molar-refractivity contribution in [2.24, 2.45) is 11.5 Å². The molecule has 1 amide bonds. The molecule has 0 fully saturated rings. The predicted octanol–water partition coefficient (Wildman–Crippen LogP) is 3.92. The fourth-order valence-corrected chi connectivity index (χ4v) is 3.08. The van der Waals surface area contributed by atoms with Crippen LogP contribution in [-0.4, -0.2) is 36.3 Å². The first-order valence-corrected chi connectivity index (χ1v) is 10.8. The summed E-state index contributed by atoms with van der Waals surface area (Å²) >= 11 is 0. The molecular formula is C26H28F2N6O2. The molecule has 8 nitrogen and oxygen atoms in total. The molecule has 6 N–H and O–H groups in total. The molecule has 188 valence electrons. The fourth-order valence-electron chi connectivity index (χ4n) is 3.08. The maximum absolute atomic E-state index is 11.9. The molecule has 2 aromatic heterocycles. The van der Waals surface area contributed by atoms with Gasteiger partial charge in [0.2, 0.25) is 0 Å². The number of anilines is 1. The summed E-state index contributed by atoms with van der Waals surface area (Å²) in [6.07, 6.45) is 3.91. The van der Waals surface area contributed by atoms with Crippen LogP contribution in [-0.2, 0) is 0 Å². The van der Waals surface area contributed by atoms with E-state index in [9.17, 15) is 18.4 Å². The number of aryl methyl sites for hydroxylation is 1. The van der Waals surface area contributed by atoms with E-state index >= 15 is 0 Å². The van der Waals surface area contributed by atoms with E-state index < -0.39 is 6.43 Å². The van der Waals surface area contributed by atoms with Crippen molar-refractivity contribution in [1.29, 1.82) is 0 Å². The zero-order chi connectivity index (χ0) is 26.7. The van der Waals surface area contributed by atoms with Crippen LogP contribution in [0.15, 0.2) is 67.1 Å². The van der Waals surface area contributed by atoms with Crippen molar-refractivity contribution in [3.63, 3.8) is 0 Å². The first-order chi connectivity index (χ1) is 17.2. The number of amides is 1. The Kier molecular flexibility index (Phi) is 10.2. The monoisotopic (exact) mass is 494 g/mol. The Balaban J connectivity index is 0.000000346. The summed E-state index contributed by atoms with van der Waals surface area (Å²) in [5.41, 5.74) is 17.3. The van der Waals surface area contributed by atoms with Crippen molar-refractivity contribution in [3.05, 3.63) is 101 Å². The average molecular weight is 495 g/mol. The number of nitrogens with one attached hydrogen (secondary N) is 2. The highest BCUT2D eigenvalue weighted by Crippen LogP contribution is 2.24. The summed E-state index contributed by atoms with van der Waals surface area (Å²) in [5.74, 6) is -0.257. The van der Waals surface area contributed by atoms with Crippen molar-refractivity contribution < 1.29 is 18.4 Å². The number of carbonyl (C=O) groups excluding carboxylic acids is 2. The van der Waals surface area contributed by atoms with Gasteiger partial charge in [-0.1, -0.05) is 6.07 Å². The zero-order valence-electron chi connectivity index (χ0n) is 20.1. The Morgan fingerprint density at radius 3 is 2.39 bits per heavy atom. The average Bonchev–Trinajstić information content (AvgIpc) is 2.91. The second kappa shape index (κ2) is 13.3. The van der Waals surface area contributed by atoms with Gasteiger partial charge in [-0.2, -0.15) is 0 Å². The minimum Gasteiger partial charge on any atom is -0.404 e. The van der Waals surface area contributed by atoms with Gasteiger partial charge in [-0.3, -0.25) is 19.6 Å². The van der Waals surface area contributed by atoms with Crippen molar-refractivity contribution in [1.82, 2.24) is 15.3 Å². The molecule has 0 saturated heterocycles. The Morgan fingerprint density at radius 1 is 1.06 bits per heavy atom. The second-order valence-corrected chi connectivity index (χ2v) is 7.44. The largest absolute Gasteiger partial charge is 0.404 e. The first-order valence-electron chi connectivity index (χ1n) is 10.8. The molecule has 0 aliphatic carbocycles. The molecule has 0 bridgehead atoms. The number of aromatic nitrogens is 2. The topological polar surface area (TPSA) is 136 Å². The molecule has 0 saturated carbocycles. The number of nitrogens with two attached hydrogens (primary N) is 2. The molecule has 0 radical (unpaired) electrons. The van der Waals surface area contributed by atoms with Crippen molar-refractivity contribution in [2.45, 2.75) is 13.3 Å². The van der Waals surface area contributed by atoms with Gasteiger partial charge in [-0.15, -0.1) is 0 Å². The number of benzene rings is 1. The minimum absolute atomic E-state index is 0.218. The highest BCUT2D eigenvalue weighted by molar-refractivity contribution is 5.93. The van der Waals surface area contributed by atoms with Gasteiger partial charge in [0.15, 0.2) is 0 Å². The lowest BCUT2D eigenvalue weighted by atomic mass is 10.0. The van der Waals surface area contributed by atoms with Crippen LogP contribution in [0.4, 0.5) is 14.5 Å². The summed E-state index contributed by atoms with van der Waals surface area (Å²) in [5, 5.41) is 5.65. The summed E-state index contributed by atoms with van der Waals surface area (Å²) in [6.45, 7) is 2.00. The van der Waals surface area contributed by atoms with Crippen LogP contribution in [0.5, 0.6) is 0 Å². The van der Waals surface area contributed by atoms with Crippen molar-refractivity contribution in [3.8, 4) is 0 Å². The van der Waals surface area contributed by atoms with E-state index in [2.05, 4.69) is 20.6 Å². The molecule has 3 aromatic rings. The van der Waals surface area contributed by atoms with Gasteiger partial charge >= 0.3 is 0 Å². The predicted molar refractivity (Wildman–Crippen MR) is 137 cm³/mol. The molecule has 0 aliphatic rings. The highest BCUT2D eigenvalue weighted by Gasteiger charge is 2.10. The number of carbonyl (C=O) groups is 2. The molecule has 0 atom stereocenters. The van der Waals surface area contributed by atoms with E-state index in [1.807, 2.05) is 32.2 Å². The van der Waals surface area contributed by atoms with Gasteiger partial charge < -0.3 is 22.1 Å². The van der Waals surface area contributed by atoms with E-state index in [0.717, 1.165) is 28.4 Å². The number of halogens is 2. The van der Waals surface area contributed by atoms with E-state index in [0.29, 0.717) is 23.3 Å². The number of aldehydes is 1. The maximum Gasteiger partial charge on any atom is 0.280 e. The normalized spacial score (nSPS) is 11.4. The summed E-state index contributed by atoms with van der Waals surface area (Å²) in [6, 6.07) is 11.9. The number of nitrogens with zero attached hydrogens (tertiary/aromatic N) is 2. The van der Waals surface area contributed by atoms with Gasteiger partial charge in [0.1, 0.15) is 17.7 Å². The lowest BCUT2D eigenvalue weighted by Gasteiger charge is -2.11. The van der Waals surface area contributed by atoms with Crippen molar-refractivity contribution >= 4 is 29.2 Å². The molecule has 2 heterocycles. The standard InChI is InChI=1S/C19H23N5O.C7H5F2NO/c1-12-4-5-15(22-2)10-16(12)17(21)8-14(11-20)13-6-7-24-18(9-13)19(25)23-3;8-7(9)6-3-5(4-11)1-2-10-6/h4-11,22H,20-21H2,1-3H3,(H,23,25);1-4,7H/b14-11+,17-8-;. The Morgan fingerprint density at radius 2 is 1.78 bits per heavy atom. The molecule has 36 heavy (non-hydrogen) atoms. The van der Waals surface area contributed by atoms with Crippen LogP contribution in [0.3, 0.4) is 0 Å². The lowest BCUT2D eigenvalue weighted by Crippen LogP contribution is -2.19. The molecule has 0 unspecified atom stereocenters. The van der Waals surface area contributed by atoms with Gasteiger partial charge in [-0.05, 0) is 66.1 Å². The third-order valence-electron chi connectivity index (χ3n) is 5.05. The third kappa shape index (κ3) is 7.45. The third-order valence-corrected chi connectivity index (χ3v) is 5.05. The summed E-state index contributed by atoms with van der Waals surface area (Å²) < 4.78 is 23.8. The van der Waals surface area contributed by atoms with E-state index in [1.165, 1.54) is 18.5 Å². The summed E-state index contributed by atoms with van der Waals surface area (Å²) in [4.78, 5) is 29.3. The van der Waals surface area contributed by atoms with Crippen LogP contribution in [0.25, 0.3) is 11.3 Å². The van der Waals surface area contributed by atoms with Gasteiger partial charge in [0.05, 0.1) is 0 Å². The number of allylic oxidation sites excluding steroid dienone is 2. The number of alkyl halides is 2. The Hall–Kier alpha value is -4.60. The van der Waals surface area contributed by atoms with Crippen LogP contribution < -0.4 is 22.1 Å². The van der Waals surface area contributed by atoms with Crippen LogP contribution >= 0.6 is 0 Å². The number of hydrogen-bond donors (Lipinski definition) is 4. The highest BCUT2D eigenvalue weighted by atomic mass is 19.3. The smallest absolute Gasteiger partial charge is 0.280 e. The molecule has 0 spiro atoms. The van der Waals surface area contributed by atoms with E-state index in [-0.39, 0.29) is 17.2 Å². The van der Waals surface area contributed by atoms with Crippen molar-refractivity contribution in [2.75, 3.05) is 19.4 Å². The number of pyridine rings is 2. The second-order valence-electron chi connectivity index (χ2n) is 7.44. The Bertz CT molecular complexity index is 1270. The molecule has 10 heteroatoms. The zero-order valence-corrected chi connectivity index (χ0v) is 20.1. The summed E-state index contributed by atoms with van der Waals surface area (Å²) in [7, 11) is 3.42. The minimum atomic E-state index is -2.62. The molecule has 1 aromatic carbocycles. The SMILES string of the molecule is CNC(=O)c1cc(C(/C=C(\N)c2cc(NC)ccc2C)=C/N)ccn1.O=Cc1ccnc(C(F)F)c1. The first kappa shape index (κ1) is 27.6. The quantitative estimate of drug-likeness (QED) is 0.289. The molecular weight excluding hydrogens is 466 g/mol. The van der Waals surface area contributed by atoms with E-state index in [4.69, 9.17) is 11.5 Å². The molecule has 0 aliphatic heterocycles. The van der Waals surface area contributed by atoms with Crippen LogP contribution in [0, 0.1) is 6.92 Å². The van der Waals surface area contributed by atoms with Crippen LogP contribution in [0.2, 0.25) is 0 Å². The van der Waals surface area contributed by atoms with Gasteiger partial charge in [-0.25, -0.2) is 8.78 Å². The van der Waals surface area contributed by atoms with E-state index in [1.54, 1.807) is 31.5 Å². The van der Waals surface area contributed by atoms with Gasteiger partial charge in [0.25, 0.3) is 12.3 Å². The Labute approximate surface area is 208 Å². The maximum atomic E-state index is 11.9. The number of rotatable bonds is 7. The molecule has 3 rings (SSSR count). The fraction of sp³-hybridized carbons (Fsp3) is 0.154.